The maximum atomic E-state index is 3.63. The van der Waals surface area contributed by atoms with Gasteiger partial charge in [-0.15, -0.1) is 0 Å². The predicted octanol–water partition coefficient (Wildman–Crippen LogP) is 3.13. The normalized spacial score (nSPS) is 29.3. The maximum Gasteiger partial charge on any atom is 0.0269 e. The van der Waals surface area contributed by atoms with Gasteiger partial charge in [-0.2, -0.15) is 0 Å². The number of rotatable bonds is 4. The molecule has 0 saturated carbocycles. The third-order valence-electron chi connectivity index (χ3n) is 3.94. The van der Waals surface area contributed by atoms with Gasteiger partial charge in [0.15, 0.2) is 0 Å². The Morgan fingerprint density at radius 3 is 2.53 bits per heavy atom. The van der Waals surface area contributed by atoms with Crippen LogP contribution in [0.2, 0.25) is 0 Å². The molecule has 0 aliphatic carbocycles. The van der Waals surface area contributed by atoms with Gasteiger partial charge in [-0.05, 0) is 24.7 Å². The summed E-state index contributed by atoms with van der Waals surface area (Å²) in [5, 5.41) is 3.63. The van der Waals surface area contributed by atoms with Crippen molar-refractivity contribution in [2.45, 2.75) is 66.5 Å². The molecule has 1 aliphatic heterocycles. The molecule has 0 aromatic carbocycles. The number of hydrogen-bond donors (Lipinski definition) is 1. The molecule has 1 heterocycles. The first-order valence-electron chi connectivity index (χ1n) is 7.32. The molecule has 102 valence electrons. The largest absolute Gasteiger partial charge is 0.311 e. The molecule has 0 amide bonds. The Kier molecular flexibility index (Phi) is 5.46. The van der Waals surface area contributed by atoms with Crippen molar-refractivity contribution in [1.29, 1.82) is 0 Å². The van der Waals surface area contributed by atoms with Crippen LogP contribution in [0.4, 0.5) is 0 Å². The molecule has 0 radical (unpaired) electrons. The number of nitrogens with zero attached hydrogens (tertiary/aromatic N) is 1. The molecule has 2 nitrogen and oxygen atoms in total. The van der Waals surface area contributed by atoms with Gasteiger partial charge >= 0.3 is 0 Å². The summed E-state index contributed by atoms with van der Waals surface area (Å²) < 4.78 is 0. The third-order valence-corrected chi connectivity index (χ3v) is 3.94. The van der Waals surface area contributed by atoms with Crippen LogP contribution >= 0.6 is 0 Å². The first kappa shape index (κ1) is 15.0. The Morgan fingerprint density at radius 2 is 2.00 bits per heavy atom. The molecular formula is C15H32N2. The Morgan fingerprint density at radius 1 is 1.35 bits per heavy atom. The van der Waals surface area contributed by atoms with Crippen molar-refractivity contribution in [3.63, 3.8) is 0 Å². The zero-order chi connectivity index (χ0) is 13.1. The Bertz CT molecular complexity index is 219. The topological polar surface area (TPSA) is 15.3 Å². The lowest BCUT2D eigenvalue weighted by molar-refractivity contribution is 0.0468. The molecule has 0 bridgehead atoms. The maximum absolute atomic E-state index is 3.63. The fraction of sp³-hybridized carbons (Fsp3) is 1.00. The number of nitrogens with one attached hydrogen (secondary N) is 1. The van der Waals surface area contributed by atoms with Crippen LogP contribution in [0.1, 0.15) is 54.4 Å². The molecule has 1 fully saturated rings. The minimum Gasteiger partial charge on any atom is -0.311 e. The van der Waals surface area contributed by atoms with Gasteiger partial charge in [0.25, 0.3) is 0 Å². The zero-order valence-electron chi connectivity index (χ0n) is 12.7. The van der Waals surface area contributed by atoms with Gasteiger partial charge in [-0.3, -0.25) is 4.90 Å². The van der Waals surface area contributed by atoms with Gasteiger partial charge in [-0.25, -0.2) is 0 Å². The summed E-state index contributed by atoms with van der Waals surface area (Å²) in [4.78, 5) is 2.72. The second-order valence-electron chi connectivity index (χ2n) is 7.04. The van der Waals surface area contributed by atoms with Crippen molar-refractivity contribution >= 4 is 0 Å². The van der Waals surface area contributed by atoms with E-state index in [0.717, 1.165) is 12.5 Å². The summed E-state index contributed by atoms with van der Waals surface area (Å²) >= 11 is 0. The molecule has 0 aromatic rings. The summed E-state index contributed by atoms with van der Waals surface area (Å²) in [5.74, 6) is 0.829. The van der Waals surface area contributed by atoms with Crippen LogP contribution in [-0.2, 0) is 0 Å². The lowest BCUT2D eigenvalue weighted by Crippen LogP contribution is -2.60. The average Bonchev–Trinajstić information content (AvgIpc) is 2.15. The van der Waals surface area contributed by atoms with Crippen LogP contribution in [-0.4, -0.2) is 36.6 Å². The van der Waals surface area contributed by atoms with Crippen LogP contribution in [0.15, 0.2) is 0 Å². The van der Waals surface area contributed by atoms with Crippen molar-refractivity contribution in [3.8, 4) is 0 Å². The van der Waals surface area contributed by atoms with E-state index in [-0.39, 0.29) is 0 Å². The summed E-state index contributed by atoms with van der Waals surface area (Å²) in [6, 6.07) is 1.32. The Hall–Kier alpha value is -0.0800. The van der Waals surface area contributed by atoms with Crippen molar-refractivity contribution in [2.75, 3.05) is 19.6 Å². The highest BCUT2D eigenvalue weighted by Crippen LogP contribution is 2.27. The highest BCUT2D eigenvalue weighted by atomic mass is 15.2. The van der Waals surface area contributed by atoms with E-state index in [1.807, 2.05) is 0 Å². The first-order chi connectivity index (χ1) is 7.84. The molecule has 0 spiro atoms. The SMILES string of the molecule is CCCC(C)CN1CC(C)NCC1C(C)(C)C. The molecule has 2 heteroatoms. The van der Waals surface area contributed by atoms with E-state index in [2.05, 4.69) is 51.8 Å². The van der Waals surface area contributed by atoms with Gasteiger partial charge in [0, 0.05) is 31.7 Å². The summed E-state index contributed by atoms with van der Waals surface area (Å²) in [7, 11) is 0. The van der Waals surface area contributed by atoms with E-state index in [0.29, 0.717) is 17.5 Å². The average molecular weight is 240 g/mol. The van der Waals surface area contributed by atoms with Gasteiger partial charge in [0.1, 0.15) is 0 Å². The molecule has 3 atom stereocenters. The van der Waals surface area contributed by atoms with Crippen LogP contribution in [0.3, 0.4) is 0 Å². The van der Waals surface area contributed by atoms with Crippen molar-refractivity contribution in [3.05, 3.63) is 0 Å². The number of hydrogen-bond acceptors (Lipinski definition) is 2. The lowest BCUT2D eigenvalue weighted by atomic mass is 9.83. The van der Waals surface area contributed by atoms with Gasteiger partial charge in [0.2, 0.25) is 0 Å². The third kappa shape index (κ3) is 4.59. The van der Waals surface area contributed by atoms with E-state index in [4.69, 9.17) is 0 Å². The van der Waals surface area contributed by atoms with E-state index >= 15 is 0 Å². The Balaban J connectivity index is 2.62. The second kappa shape index (κ2) is 6.19. The van der Waals surface area contributed by atoms with E-state index < -0.39 is 0 Å². The molecular weight excluding hydrogens is 208 g/mol. The van der Waals surface area contributed by atoms with Crippen LogP contribution in [0, 0.1) is 11.3 Å². The summed E-state index contributed by atoms with van der Waals surface area (Å²) in [5.41, 5.74) is 0.374. The van der Waals surface area contributed by atoms with Crippen molar-refractivity contribution in [2.24, 2.45) is 11.3 Å². The van der Waals surface area contributed by atoms with Crippen molar-refractivity contribution in [1.82, 2.24) is 10.2 Å². The van der Waals surface area contributed by atoms with Crippen LogP contribution in [0.5, 0.6) is 0 Å². The zero-order valence-corrected chi connectivity index (χ0v) is 12.7. The van der Waals surface area contributed by atoms with Crippen molar-refractivity contribution < 1.29 is 0 Å². The minimum atomic E-state index is 0.374. The predicted molar refractivity (Wildman–Crippen MR) is 76.4 cm³/mol. The van der Waals surface area contributed by atoms with Gasteiger partial charge < -0.3 is 5.32 Å². The molecule has 17 heavy (non-hydrogen) atoms. The molecule has 1 rings (SSSR count). The second-order valence-corrected chi connectivity index (χ2v) is 7.04. The fourth-order valence-electron chi connectivity index (χ4n) is 3.03. The summed E-state index contributed by atoms with van der Waals surface area (Å²) in [6.07, 6.45) is 2.66. The van der Waals surface area contributed by atoms with Crippen LogP contribution < -0.4 is 5.32 Å². The van der Waals surface area contributed by atoms with Gasteiger partial charge in [0.05, 0.1) is 0 Å². The van der Waals surface area contributed by atoms with Gasteiger partial charge in [-0.1, -0.05) is 41.0 Å². The first-order valence-corrected chi connectivity index (χ1v) is 7.32. The molecule has 0 aromatic heterocycles. The quantitative estimate of drug-likeness (QED) is 0.812. The van der Waals surface area contributed by atoms with E-state index in [1.165, 1.54) is 25.9 Å². The van der Waals surface area contributed by atoms with Crippen LogP contribution in [0.25, 0.3) is 0 Å². The van der Waals surface area contributed by atoms with E-state index in [9.17, 15) is 0 Å². The molecule has 1 N–H and O–H groups in total. The molecule has 1 aliphatic rings. The molecule has 1 saturated heterocycles. The van der Waals surface area contributed by atoms with E-state index in [1.54, 1.807) is 0 Å². The fourth-order valence-corrected chi connectivity index (χ4v) is 3.03. The summed E-state index contributed by atoms with van der Waals surface area (Å²) in [6.45, 7) is 17.7. The lowest BCUT2D eigenvalue weighted by Gasteiger charge is -2.46. The highest BCUT2D eigenvalue weighted by Gasteiger charge is 2.34. The molecule has 3 unspecified atom stereocenters. The smallest absolute Gasteiger partial charge is 0.0269 e. The Labute approximate surface area is 108 Å². The number of piperazine rings is 1. The highest BCUT2D eigenvalue weighted by molar-refractivity contribution is 4.91. The minimum absolute atomic E-state index is 0.374. The standard InChI is InChI=1S/C15H32N2/c1-7-8-12(2)10-17-11-13(3)16-9-14(17)15(4,5)6/h12-14,16H,7-11H2,1-6H3. The monoisotopic (exact) mass is 240 g/mol.